The van der Waals surface area contributed by atoms with Crippen molar-refractivity contribution in [2.45, 2.75) is 18.9 Å². The molecule has 20 heavy (non-hydrogen) atoms. The molecular formula is C14H11Br2FN2O. The molecule has 2 aromatic rings. The zero-order chi connectivity index (χ0) is 14.3. The van der Waals surface area contributed by atoms with Gasteiger partial charge in [-0.2, -0.15) is 0 Å². The molecule has 0 aliphatic heterocycles. The van der Waals surface area contributed by atoms with Crippen molar-refractivity contribution in [3.63, 3.8) is 0 Å². The van der Waals surface area contributed by atoms with Crippen LogP contribution in [0.3, 0.4) is 0 Å². The lowest BCUT2D eigenvalue weighted by Gasteiger charge is -2.10. The van der Waals surface area contributed by atoms with Crippen LogP contribution in [-0.2, 0) is 0 Å². The molecule has 104 valence electrons. The number of anilines is 1. The third-order valence-electron chi connectivity index (χ3n) is 3.16. The summed E-state index contributed by atoms with van der Waals surface area (Å²) in [5, 5.41) is 2.74. The first kappa shape index (κ1) is 13.8. The van der Waals surface area contributed by atoms with E-state index in [2.05, 4.69) is 37.2 Å². The predicted molar refractivity (Wildman–Crippen MR) is 82.5 cm³/mol. The molecule has 0 atom stereocenters. The van der Waals surface area contributed by atoms with Gasteiger partial charge < -0.3 is 9.88 Å². The predicted octanol–water partition coefficient (Wildman–Crippen LogP) is 4.74. The van der Waals surface area contributed by atoms with E-state index in [1.165, 1.54) is 12.1 Å². The number of carbonyl (C=O) groups excluding carboxylic acids is 1. The summed E-state index contributed by atoms with van der Waals surface area (Å²) in [5.41, 5.74) is 1.00. The summed E-state index contributed by atoms with van der Waals surface area (Å²) in [6.45, 7) is 0. The second kappa shape index (κ2) is 5.33. The van der Waals surface area contributed by atoms with Crippen LogP contribution in [0.4, 0.5) is 10.1 Å². The molecule has 3 nitrogen and oxygen atoms in total. The standard InChI is InChI=1S/C14H11Br2FN2O/c15-8-5-13(19(7-8)10-2-3-10)14(20)18-12-6-9(17)1-4-11(12)16/h1,4-7,10H,2-3H2,(H,18,20). The maximum Gasteiger partial charge on any atom is 0.272 e. The fourth-order valence-corrected chi connectivity index (χ4v) is 2.85. The van der Waals surface area contributed by atoms with Crippen LogP contribution >= 0.6 is 31.9 Å². The van der Waals surface area contributed by atoms with Crippen molar-refractivity contribution in [3.8, 4) is 0 Å². The van der Waals surface area contributed by atoms with E-state index in [9.17, 15) is 9.18 Å². The summed E-state index contributed by atoms with van der Waals surface area (Å²) >= 11 is 6.69. The molecule has 1 aliphatic rings. The molecule has 1 aliphatic carbocycles. The lowest BCUT2D eigenvalue weighted by molar-refractivity contribution is 0.101. The third-order valence-corrected chi connectivity index (χ3v) is 4.29. The Morgan fingerprint density at radius 3 is 2.75 bits per heavy atom. The minimum atomic E-state index is -0.387. The molecule has 0 unspecified atom stereocenters. The van der Waals surface area contributed by atoms with Crippen LogP contribution in [0.1, 0.15) is 29.4 Å². The number of benzene rings is 1. The number of aromatic nitrogens is 1. The van der Waals surface area contributed by atoms with Crippen LogP contribution in [0.2, 0.25) is 0 Å². The Hall–Kier alpha value is -1.14. The van der Waals surface area contributed by atoms with E-state index in [1.54, 1.807) is 12.1 Å². The molecule has 0 spiro atoms. The van der Waals surface area contributed by atoms with Crippen molar-refractivity contribution in [2.75, 3.05) is 5.32 Å². The molecule has 3 rings (SSSR count). The second-order valence-electron chi connectivity index (χ2n) is 4.76. The SMILES string of the molecule is O=C(Nc1cc(F)ccc1Br)c1cc(Br)cn1C1CC1. The molecule has 1 N–H and O–H groups in total. The van der Waals surface area contributed by atoms with Crippen LogP contribution in [0.15, 0.2) is 39.4 Å². The molecule has 0 saturated heterocycles. The molecule has 1 amide bonds. The van der Waals surface area contributed by atoms with E-state index >= 15 is 0 Å². The van der Waals surface area contributed by atoms with Gasteiger partial charge >= 0.3 is 0 Å². The first-order chi connectivity index (χ1) is 9.54. The van der Waals surface area contributed by atoms with Gasteiger partial charge in [0.25, 0.3) is 5.91 Å². The van der Waals surface area contributed by atoms with Crippen molar-refractivity contribution >= 4 is 43.5 Å². The van der Waals surface area contributed by atoms with Crippen LogP contribution in [0.25, 0.3) is 0 Å². The van der Waals surface area contributed by atoms with Crippen LogP contribution in [-0.4, -0.2) is 10.5 Å². The van der Waals surface area contributed by atoms with E-state index in [4.69, 9.17) is 0 Å². The summed E-state index contributed by atoms with van der Waals surface area (Å²) in [6.07, 6.45) is 4.09. The monoisotopic (exact) mass is 400 g/mol. The Morgan fingerprint density at radius 1 is 1.30 bits per heavy atom. The van der Waals surface area contributed by atoms with Gasteiger partial charge in [0.05, 0.1) is 5.69 Å². The van der Waals surface area contributed by atoms with Crippen LogP contribution in [0.5, 0.6) is 0 Å². The van der Waals surface area contributed by atoms with E-state index in [0.29, 0.717) is 21.9 Å². The van der Waals surface area contributed by atoms with E-state index in [0.717, 1.165) is 17.3 Å². The van der Waals surface area contributed by atoms with Gasteiger partial charge in [-0.15, -0.1) is 0 Å². The first-order valence-corrected chi connectivity index (χ1v) is 7.77. The van der Waals surface area contributed by atoms with Crippen molar-refractivity contribution in [1.82, 2.24) is 4.57 Å². The number of nitrogens with one attached hydrogen (secondary N) is 1. The van der Waals surface area contributed by atoms with E-state index in [1.807, 2.05) is 10.8 Å². The number of hydrogen-bond acceptors (Lipinski definition) is 1. The number of halogens is 3. The number of hydrogen-bond donors (Lipinski definition) is 1. The van der Waals surface area contributed by atoms with Gasteiger partial charge in [0, 0.05) is 21.2 Å². The van der Waals surface area contributed by atoms with Crippen LogP contribution in [0, 0.1) is 5.82 Å². The summed E-state index contributed by atoms with van der Waals surface area (Å²) < 4.78 is 16.7. The summed E-state index contributed by atoms with van der Waals surface area (Å²) in [4.78, 5) is 12.3. The quantitative estimate of drug-likeness (QED) is 0.791. The van der Waals surface area contributed by atoms with Crippen molar-refractivity contribution in [2.24, 2.45) is 0 Å². The van der Waals surface area contributed by atoms with Gasteiger partial charge in [0.1, 0.15) is 11.5 Å². The zero-order valence-corrected chi connectivity index (χ0v) is 13.5. The lowest BCUT2D eigenvalue weighted by Crippen LogP contribution is -2.16. The minimum Gasteiger partial charge on any atom is -0.339 e. The Kier molecular flexibility index (Phi) is 3.69. The Bertz CT molecular complexity index is 680. The van der Waals surface area contributed by atoms with Gasteiger partial charge in [-0.05, 0) is 69.0 Å². The molecule has 1 saturated carbocycles. The smallest absolute Gasteiger partial charge is 0.272 e. The molecule has 1 heterocycles. The largest absolute Gasteiger partial charge is 0.339 e. The molecule has 1 aromatic carbocycles. The first-order valence-electron chi connectivity index (χ1n) is 6.18. The number of nitrogens with zero attached hydrogens (tertiary/aromatic N) is 1. The second-order valence-corrected chi connectivity index (χ2v) is 6.53. The number of amides is 1. The Morgan fingerprint density at radius 2 is 2.05 bits per heavy atom. The van der Waals surface area contributed by atoms with Gasteiger partial charge in [-0.3, -0.25) is 4.79 Å². The van der Waals surface area contributed by atoms with Gasteiger partial charge in [-0.25, -0.2) is 4.39 Å². The highest BCUT2D eigenvalue weighted by atomic mass is 79.9. The average Bonchev–Trinajstić information content (AvgIpc) is 3.17. The van der Waals surface area contributed by atoms with Crippen molar-refractivity contribution < 1.29 is 9.18 Å². The highest BCUT2D eigenvalue weighted by Gasteiger charge is 2.27. The average molecular weight is 402 g/mol. The third kappa shape index (κ3) is 2.81. The Balaban J connectivity index is 1.87. The molecular weight excluding hydrogens is 391 g/mol. The lowest BCUT2D eigenvalue weighted by atomic mass is 10.3. The van der Waals surface area contributed by atoms with Gasteiger partial charge in [0.15, 0.2) is 0 Å². The highest BCUT2D eigenvalue weighted by molar-refractivity contribution is 9.10. The van der Waals surface area contributed by atoms with Crippen molar-refractivity contribution in [1.29, 1.82) is 0 Å². The maximum atomic E-state index is 13.2. The van der Waals surface area contributed by atoms with Crippen molar-refractivity contribution in [3.05, 3.63) is 50.9 Å². The highest BCUT2D eigenvalue weighted by Crippen LogP contribution is 2.37. The fourth-order valence-electron chi connectivity index (χ4n) is 2.06. The summed E-state index contributed by atoms with van der Waals surface area (Å²) in [6, 6.07) is 6.38. The molecule has 0 bridgehead atoms. The molecule has 0 radical (unpaired) electrons. The normalized spacial score (nSPS) is 14.3. The number of rotatable bonds is 3. The maximum absolute atomic E-state index is 13.2. The zero-order valence-electron chi connectivity index (χ0n) is 10.4. The van der Waals surface area contributed by atoms with Gasteiger partial charge in [0.2, 0.25) is 0 Å². The molecule has 1 fully saturated rings. The minimum absolute atomic E-state index is 0.242. The number of carbonyl (C=O) groups is 1. The summed E-state index contributed by atoms with van der Waals surface area (Å²) in [5.74, 6) is -0.629. The Labute approximate surface area is 132 Å². The fraction of sp³-hybridized carbons (Fsp3) is 0.214. The van der Waals surface area contributed by atoms with Gasteiger partial charge in [-0.1, -0.05) is 0 Å². The van der Waals surface area contributed by atoms with E-state index < -0.39 is 0 Å². The molecule has 1 aromatic heterocycles. The summed E-state index contributed by atoms with van der Waals surface area (Å²) in [7, 11) is 0. The topological polar surface area (TPSA) is 34.0 Å². The van der Waals surface area contributed by atoms with E-state index in [-0.39, 0.29) is 11.7 Å². The molecule has 6 heteroatoms. The van der Waals surface area contributed by atoms with Crippen LogP contribution < -0.4 is 5.32 Å².